The molecular weight excluding hydrogens is 210 g/mol. The van der Waals surface area contributed by atoms with Crippen LogP contribution < -0.4 is 0 Å². The van der Waals surface area contributed by atoms with Crippen LogP contribution in [0.3, 0.4) is 0 Å². The molecule has 0 aromatic heterocycles. The Morgan fingerprint density at radius 1 is 1.40 bits per heavy atom. The normalized spacial score (nSPS) is 12.9. The predicted molar refractivity (Wildman–Crippen MR) is 63.2 cm³/mol. The molecule has 0 radical (unpaired) electrons. The van der Waals surface area contributed by atoms with Crippen LogP contribution in [0.1, 0.15) is 24.9 Å². The van der Waals surface area contributed by atoms with Gasteiger partial charge in [0.15, 0.2) is 5.78 Å². The Morgan fingerprint density at radius 2 is 2.00 bits per heavy atom. The molecular formula is C12H16ClNO. The minimum absolute atomic E-state index is 0.188. The second-order valence-corrected chi connectivity index (χ2v) is 4.11. The average Bonchev–Trinajstić information content (AvgIpc) is 2.20. The van der Waals surface area contributed by atoms with E-state index in [-0.39, 0.29) is 11.8 Å². The number of ketones is 1. The molecule has 0 saturated carbocycles. The highest BCUT2D eigenvalue weighted by Crippen LogP contribution is 2.27. The van der Waals surface area contributed by atoms with Gasteiger partial charge in [-0.3, -0.25) is 9.69 Å². The van der Waals surface area contributed by atoms with E-state index in [1.807, 2.05) is 50.2 Å². The Bertz CT molecular complexity index is 349. The fourth-order valence-corrected chi connectivity index (χ4v) is 1.87. The summed E-state index contributed by atoms with van der Waals surface area (Å²) in [6.45, 7) is 1.87. The van der Waals surface area contributed by atoms with Crippen molar-refractivity contribution in [3.05, 3.63) is 34.9 Å². The zero-order chi connectivity index (χ0) is 11.4. The van der Waals surface area contributed by atoms with Crippen molar-refractivity contribution < 1.29 is 4.79 Å². The van der Waals surface area contributed by atoms with Crippen LogP contribution in [0.5, 0.6) is 0 Å². The molecule has 82 valence electrons. The van der Waals surface area contributed by atoms with Crippen LogP contribution in [-0.4, -0.2) is 24.8 Å². The van der Waals surface area contributed by atoms with Gasteiger partial charge in [-0.25, -0.2) is 0 Å². The van der Waals surface area contributed by atoms with Crippen molar-refractivity contribution in [1.82, 2.24) is 4.90 Å². The second kappa shape index (κ2) is 5.29. The third-order valence-corrected chi connectivity index (χ3v) is 2.71. The van der Waals surface area contributed by atoms with Gasteiger partial charge in [0.1, 0.15) is 0 Å². The first kappa shape index (κ1) is 12.2. The maximum atomic E-state index is 11.8. The van der Waals surface area contributed by atoms with Crippen LogP contribution in [0.15, 0.2) is 24.3 Å². The molecule has 0 heterocycles. The van der Waals surface area contributed by atoms with Gasteiger partial charge in [-0.05, 0) is 25.7 Å². The highest BCUT2D eigenvalue weighted by atomic mass is 35.5. The molecule has 3 heteroatoms. The molecule has 15 heavy (non-hydrogen) atoms. The first-order valence-electron chi connectivity index (χ1n) is 5.01. The largest absolute Gasteiger partial charge is 0.298 e. The third-order valence-electron chi connectivity index (χ3n) is 2.37. The van der Waals surface area contributed by atoms with Crippen LogP contribution in [0, 0.1) is 0 Å². The summed E-state index contributed by atoms with van der Waals surface area (Å²) in [6.07, 6.45) is 0.522. The molecule has 0 N–H and O–H groups in total. The lowest BCUT2D eigenvalue weighted by atomic mass is 10.0. The number of likely N-dealkylation sites (N-methyl/N-ethyl adjacent to an activating group) is 1. The van der Waals surface area contributed by atoms with E-state index in [1.54, 1.807) is 0 Å². The van der Waals surface area contributed by atoms with E-state index in [9.17, 15) is 4.79 Å². The Labute approximate surface area is 95.8 Å². The molecule has 0 spiro atoms. The number of hydrogen-bond donors (Lipinski definition) is 0. The molecule has 0 fully saturated rings. The van der Waals surface area contributed by atoms with E-state index in [2.05, 4.69) is 0 Å². The van der Waals surface area contributed by atoms with Crippen LogP contribution in [0.25, 0.3) is 0 Å². The Morgan fingerprint density at radius 3 is 2.47 bits per heavy atom. The van der Waals surface area contributed by atoms with E-state index in [0.29, 0.717) is 11.4 Å². The number of carbonyl (C=O) groups is 1. The monoisotopic (exact) mass is 225 g/mol. The molecule has 0 aliphatic rings. The average molecular weight is 226 g/mol. The molecule has 1 rings (SSSR count). The van der Waals surface area contributed by atoms with Crippen LogP contribution >= 0.6 is 11.6 Å². The lowest BCUT2D eigenvalue weighted by Gasteiger charge is -2.23. The number of hydrogen-bond acceptors (Lipinski definition) is 2. The van der Waals surface area contributed by atoms with Crippen molar-refractivity contribution in [3.8, 4) is 0 Å². The fourth-order valence-electron chi connectivity index (χ4n) is 1.63. The van der Waals surface area contributed by atoms with E-state index < -0.39 is 0 Å². The van der Waals surface area contributed by atoms with Gasteiger partial charge in [-0.1, -0.05) is 36.7 Å². The number of halogens is 1. The van der Waals surface area contributed by atoms with Crippen LogP contribution in [-0.2, 0) is 4.79 Å². The van der Waals surface area contributed by atoms with Gasteiger partial charge in [-0.15, -0.1) is 0 Å². The van der Waals surface area contributed by atoms with E-state index in [1.165, 1.54) is 0 Å². The molecule has 0 unspecified atom stereocenters. The van der Waals surface area contributed by atoms with E-state index in [0.717, 1.165) is 5.56 Å². The number of rotatable bonds is 4. The zero-order valence-corrected chi connectivity index (χ0v) is 10.1. The molecule has 0 saturated heterocycles. The lowest BCUT2D eigenvalue weighted by Crippen LogP contribution is -2.27. The molecule has 0 bridgehead atoms. The van der Waals surface area contributed by atoms with Crippen molar-refractivity contribution >= 4 is 17.4 Å². The van der Waals surface area contributed by atoms with Crippen LogP contribution in [0.2, 0.25) is 5.02 Å². The molecule has 0 aliphatic carbocycles. The molecule has 1 aromatic carbocycles. The summed E-state index contributed by atoms with van der Waals surface area (Å²) in [5, 5.41) is 0.651. The fraction of sp³-hybridized carbons (Fsp3) is 0.417. The Hall–Kier alpha value is -0.860. The summed E-state index contributed by atoms with van der Waals surface area (Å²) in [5.41, 5.74) is 0.885. The van der Waals surface area contributed by atoms with Gasteiger partial charge in [0.05, 0.1) is 6.04 Å². The Kier molecular flexibility index (Phi) is 4.30. The maximum absolute atomic E-state index is 11.8. The topological polar surface area (TPSA) is 20.3 Å². The standard InChI is InChI=1S/C12H16ClNO/c1-4-11(15)12(14(2)3)9-7-5-6-8-10(9)13/h5-8,12H,4H2,1-3H3/t12-/m1/s1. The summed E-state index contributed by atoms with van der Waals surface area (Å²) in [5.74, 6) is 0.188. The van der Waals surface area contributed by atoms with Gasteiger partial charge >= 0.3 is 0 Å². The molecule has 1 aromatic rings. The number of nitrogens with zero attached hydrogens (tertiary/aromatic N) is 1. The van der Waals surface area contributed by atoms with Gasteiger partial charge in [-0.2, -0.15) is 0 Å². The van der Waals surface area contributed by atoms with Gasteiger partial charge in [0.2, 0.25) is 0 Å². The lowest BCUT2D eigenvalue weighted by molar-refractivity contribution is -0.123. The minimum atomic E-state index is -0.233. The summed E-state index contributed by atoms with van der Waals surface area (Å²) in [7, 11) is 3.78. The van der Waals surface area contributed by atoms with Gasteiger partial charge in [0.25, 0.3) is 0 Å². The first-order valence-corrected chi connectivity index (χ1v) is 5.39. The van der Waals surface area contributed by atoms with Gasteiger partial charge < -0.3 is 0 Å². The zero-order valence-electron chi connectivity index (χ0n) is 9.33. The highest BCUT2D eigenvalue weighted by Gasteiger charge is 2.22. The van der Waals surface area contributed by atoms with Crippen molar-refractivity contribution in [2.75, 3.05) is 14.1 Å². The molecule has 2 nitrogen and oxygen atoms in total. The minimum Gasteiger partial charge on any atom is -0.298 e. The smallest absolute Gasteiger partial charge is 0.154 e. The number of Topliss-reactive ketones (excluding diaryl/α,β-unsaturated/α-hetero) is 1. The second-order valence-electron chi connectivity index (χ2n) is 3.71. The number of benzene rings is 1. The van der Waals surface area contributed by atoms with E-state index in [4.69, 9.17) is 11.6 Å². The van der Waals surface area contributed by atoms with Gasteiger partial charge in [0, 0.05) is 11.4 Å². The summed E-state index contributed by atoms with van der Waals surface area (Å²) < 4.78 is 0. The number of carbonyl (C=O) groups excluding carboxylic acids is 1. The summed E-state index contributed by atoms with van der Waals surface area (Å²) in [6, 6.07) is 7.26. The SMILES string of the molecule is CCC(=O)[C@@H](c1ccccc1Cl)N(C)C. The highest BCUT2D eigenvalue weighted by molar-refractivity contribution is 6.31. The molecule has 0 amide bonds. The first-order chi connectivity index (χ1) is 7.07. The summed E-state index contributed by atoms with van der Waals surface area (Å²) in [4.78, 5) is 13.7. The molecule has 0 aliphatic heterocycles. The van der Waals surface area contributed by atoms with Crippen molar-refractivity contribution in [3.63, 3.8) is 0 Å². The van der Waals surface area contributed by atoms with E-state index >= 15 is 0 Å². The maximum Gasteiger partial charge on any atom is 0.154 e. The Balaban J connectivity index is 3.10. The van der Waals surface area contributed by atoms with Crippen LogP contribution in [0.4, 0.5) is 0 Å². The predicted octanol–water partition coefficient (Wildman–Crippen LogP) is 2.92. The van der Waals surface area contributed by atoms with Crippen molar-refractivity contribution in [2.24, 2.45) is 0 Å². The third kappa shape index (κ3) is 2.80. The molecule has 1 atom stereocenters. The summed E-state index contributed by atoms with van der Waals surface area (Å²) >= 11 is 6.09. The van der Waals surface area contributed by atoms with Crippen molar-refractivity contribution in [2.45, 2.75) is 19.4 Å². The van der Waals surface area contributed by atoms with Crippen molar-refractivity contribution in [1.29, 1.82) is 0 Å². The quantitative estimate of drug-likeness (QED) is 0.786.